The predicted molar refractivity (Wildman–Crippen MR) is 116 cm³/mol. The fourth-order valence-corrected chi connectivity index (χ4v) is 6.35. The number of aryl methyl sites for hydroxylation is 1. The quantitative estimate of drug-likeness (QED) is 0.707. The Hall–Kier alpha value is -1.90. The van der Waals surface area contributed by atoms with Gasteiger partial charge in [-0.1, -0.05) is 26.8 Å². The first-order valence-corrected chi connectivity index (χ1v) is 11.9. The normalized spacial score (nSPS) is 18.6. The number of hydrogen-bond acceptors (Lipinski definition) is 5. The van der Waals surface area contributed by atoms with E-state index >= 15 is 0 Å². The van der Waals surface area contributed by atoms with E-state index in [0.29, 0.717) is 29.3 Å². The molecule has 2 N–H and O–H groups in total. The van der Waals surface area contributed by atoms with E-state index in [9.17, 15) is 18.3 Å². The van der Waals surface area contributed by atoms with Crippen LogP contribution in [0.5, 0.6) is 5.75 Å². The van der Waals surface area contributed by atoms with Crippen LogP contribution in [0.25, 0.3) is 0 Å². The van der Waals surface area contributed by atoms with Crippen LogP contribution < -0.4 is 5.32 Å². The van der Waals surface area contributed by atoms with Crippen molar-refractivity contribution in [3.05, 3.63) is 40.8 Å². The van der Waals surface area contributed by atoms with Crippen LogP contribution in [-0.4, -0.2) is 36.8 Å². The molecule has 1 aromatic carbocycles. The Morgan fingerprint density at radius 1 is 1.24 bits per heavy atom. The molecular formula is C21H28N2O4S2. The zero-order valence-corrected chi connectivity index (χ0v) is 18.9. The minimum absolute atomic E-state index is 0.000646. The van der Waals surface area contributed by atoms with Crippen LogP contribution in [0.4, 0.5) is 5.69 Å². The van der Waals surface area contributed by atoms with Gasteiger partial charge in [0.05, 0.1) is 11.6 Å². The van der Waals surface area contributed by atoms with Gasteiger partial charge in [0.1, 0.15) is 9.96 Å². The van der Waals surface area contributed by atoms with Crippen molar-refractivity contribution >= 4 is 33.0 Å². The van der Waals surface area contributed by atoms with Crippen LogP contribution in [-0.2, 0) is 20.2 Å². The van der Waals surface area contributed by atoms with Crippen molar-refractivity contribution < 1.29 is 18.3 Å². The van der Waals surface area contributed by atoms with Crippen LogP contribution in [0.2, 0.25) is 0 Å². The number of benzene rings is 1. The third-order valence-corrected chi connectivity index (χ3v) is 8.52. The summed E-state index contributed by atoms with van der Waals surface area (Å²) in [5, 5.41) is 13.0. The van der Waals surface area contributed by atoms with Crippen molar-refractivity contribution in [2.75, 3.05) is 18.4 Å². The zero-order chi connectivity index (χ0) is 21.4. The fraction of sp³-hybridized carbons (Fsp3) is 0.476. The molecule has 1 saturated heterocycles. The largest absolute Gasteiger partial charge is 0.506 e. The summed E-state index contributed by atoms with van der Waals surface area (Å²) in [6, 6.07) is 8.60. The summed E-state index contributed by atoms with van der Waals surface area (Å²) in [6.07, 6.45) is 1.23. The summed E-state index contributed by atoms with van der Waals surface area (Å²) in [7, 11) is -3.59. The summed E-state index contributed by atoms with van der Waals surface area (Å²) in [5.41, 5.74) is 1.23. The monoisotopic (exact) mass is 436 g/mol. The lowest BCUT2D eigenvalue weighted by molar-refractivity contribution is -0.120. The number of anilines is 1. The molecule has 2 heterocycles. The van der Waals surface area contributed by atoms with E-state index in [2.05, 4.69) is 26.1 Å². The Bertz CT molecular complexity index is 1010. The maximum atomic E-state index is 12.9. The second kappa shape index (κ2) is 8.08. The van der Waals surface area contributed by atoms with E-state index in [1.807, 2.05) is 13.0 Å². The number of carbonyl (C=O) groups excluding carboxylic acids is 1. The van der Waals surface area contributed by atoms with Gasteiger partial charge in [0, 0.05) is 18.0 Å². The minimum Gasteiger partial charge on any atom is -0.506 e. The maximum Gasteiger partial charge on any atom is 0.252 e. The summed E-state index contributed by atoms with van der Waals surface area (Å²) in [4.78, 5) is 13.8. The third kappa shape index (κ3) is 4.82. The van der Waals surface area contributed by atoms with E-state index in [1.54, 1.807) is 24.3 Å². The number of nitrogens with zero attached hydrogens (tertiary/aromatic N) is 1. The standard InChI is InChI=1S/C21H28N2O4S2/c1-14-7-10-19(28-14)29(26,27)23-11-5-6-15(13-23)20(25)22-17-12-16(21(2,3)4)8-9-18(17)24/h7-10,12,15,24H,5-6,11,13H2,1-4H3,(H,22,25)/t15-/m0/s1. The zero-order valence-electron chi connectivity index (χ0n) is 17.2. The molecule has 1 amide bonds. The Balaban J connectivity index is 1.75. The van der Waals surface area contributed by atoms with Gasteiger partial charge in [-0.2, -0.15) is 4.31 Å². The van der Waals surface area contributed by atoms with Gasteiger partial charge in [0.2, 0.25) is 5.91 Å². The van der Waals surface area contributed by atoms with Gasteiger partial charge in [0.15, 0.2) is 0 Å². The summed E-state index contributed by atoms with van der Waals surface area (Å²) in [6.45, 7) is 8.59. The van der Waals surface area contributed by atoms with Crippen molar-refractivity contribution in [2.24, 2.45) is 5.92 Å². The van der Waals surface area contributed by atoms with E-state index in [0.717, 1.165) is 10.4 Å². The Morgan fingerprint density at radius 3 is 2.59 bits per heavy atom. The van der Waals surface area contributed by atoms with Crippen molar-refractivity contribution in [1.29, 1.82) is 0 Å². The van der Waals surface area contributed by atoms with Crippen LogP contribution in [0.15, 0.2) is 34.5 Å². The van der Waals surface area contributed by atoms with E-state index < -0.39 is 15.9 Å². The number of rotatable bonds is 4. The average Bonchev–Trinajstić information content (AvgIpc) is 3.10. The second-order valence-corrected chi connectivity index (χ2v) is 12.0. The molecule has 1 aliphatic heterocycles. The molecular weight excluding hydrogens is 408 g/mol. The number of thiophene rings is 1. The van der Waals surface area contributed by atoms with Crippen molar-refractivity contribution in [3.8, 4) is 5.75 Å². The molecule has 0 bridgehead atoms. The number of amides is 1. The predicted octanol–water partition coefficient (Wildman–Crippen LogP) is 4.10. The minimum atomic E-state index is -3.59. The lowest BCUT2D eigenvalue weighted by Gasteiger charge is -2.31. The van der Waals surface area contributed by atoms with E-state index in [1.165, 1.54) is 15.6 Å². The van der Waals surface area contributed by atoms with Gasteiger partial charge in [0.25, 0.3) is 10.0 Å². The number of phenolic OH excluding ortho intramolecular Hbond substituents is 1. The number of hydrogen-bond donors (Lipinski definition) is 2. The molecule has 2 aromatic rings. The molecule has 8 heteroatoms. The van der Waals surface area contributed by atoms with Crippen LogP contribution in [0.1, 0.15) is 44.1 Å². The molecule has 1 atom stereocenters. The molecule has 0 unspecified atom stereocenters. The number of piperidine rings is 1. The molecule has 3 rings (SSSR count). The second-order valence-electron chi connectivity index (χ2n) is 8.54. The van der Waals surface area contributed by atoms with E-state index in [4.69, 9.17) is 0 Å². The first-order valence-electron chi connectivity index (χ1n) is 9.69. The van der Waals surface area contributed by atoms with Crippen LogP contribution >= 0.6 is 11.3 Å². The molecule has 0 spiro atoms. The Kier molecular flexibility index (Phi) is 6.08. The van der Waals surface area contributed by atoms with Gasteiger partial charge < -0.3 is 10.4 Å². The Labute approximate surface area is 176 Å². The maximum absolute atomic E-state index is 12.9. The SMILES string of the molecule is Cc1ccc(S(=O)(=O)N2CCC[C@H](C(=O)Nc3cc(C(C)(C)C)ccc3O)C2)s1. The van der Waals surface area contributed by atoms with Crippen LogP contribution in [0, 0.1) is 12.8 Å². The highest BCUT2D eigenvalue weighted by molar-refractivity contribution is 7.91. The molecule has 1 aromatic heterocycles. The highest BCUT2D eigenvalue weighted by Crippen LogP contribution is 2.32. The summed E-state index contributed by atoms with van der Waals surface area (Å²) < 4.78 is 27.5. The number of nitrogens with one attached hydrogen (secondary N) is 1. The van der Waals surface area contributed by atoms with Gasteiger partial charge in [-0.3, -0.25) is 4.79 Å². The summed E-state index contributed by atoms with van der Waals surface area (Å²) >= 11 is 1.24. The van der Waals surface area contributed by atoms with Crippen molar-refractivity contribution in [3.63, 3.8) is 0 Å². The van der Waals surface area contributed by atoms with Crippen LogP contribution in [0.3, 0.4) is 0 Å². The van der Waals surface area contributed by atoms with Crippen molar-refractivity contribution in [1.82, 2.24) is 4.31 Å². The number of phenols is 1. The number of aromatic hydroxyl groups is 1. The van der Waals surface area contributed by atoms with E-state index in [-0.39, 0.29) is 23.6 Å². The first kappa shape index (κ1) is 21.8. The molecule has 1 fully saturated rings. The summed E-state index contributed by atoms with van der Waals surface area (Å²) in [5.74, 6) is -0.730. The third-order valence-electron chi connectivity index (χ3n) is 5.19. The molecule has 158 valence electrons. The fourth-order valence-electron chi connectivity index (χ4n) is 3.39. The van der Waals surface area contributed by atoms with Gasteiger partial charge in [-0.25, -0.2) is 8.42 Å². The lowest BCUT2D eigenvalue weighted by atomic mass is 9.86. The Morgan fingerprint density at radius 2 is 1.97 bits per heavy atom. The highest BCUT2D eigenvalue weighted by Gasteiger charge is 2.34. The molecule has 29 heavy (non-hydrogen) atoms. The van der Waals surface area contributed by atoms with Gasteiger partial charge in [-0.05, 0) is 55.0 Å². The average molecular weight is 437 g/mol. The molecule has 6 nitrogen and oxygen atoms in total. The number of sulfonamides is 1. The van der Waals surface area contributed by atoms with Gasteiger partial charge in [-0.15, -0.1) is 11.3 Å². The van der Waals surface area contributed by atoms with Gasteiger partial charge >= 0.3 is 0 Å². The molecule has 0 saturated carbocycles. The smallest absolute Gasteiger partial charge is 0.252 e. The molecule has 0 radical (unpaired) electrons. The number of carbonyl (C=O) groups is 1. The molecule has 1 aliphatic rings. The van der Waals surface area contributed by atoms with Crippen molar-refractivity contribution in [2.45, 2.75) is 50.2 Å². The topological polar surface area (TPSA) is 86.7 Å². The molecule has 0 aliphatic carbocycles. The highest BCUT2D eigenvalue weighted by atomic mass is 32.2. The lowest BCUT2D eigenvalue weighted by Crippen LogP contribution is -2.43. The first-order chi connectivity index (χ1) is 13.5.